The summed E-state index contributed by atoms with van der Waals surface area (Å²) in [5.41, 5.74) is 5.38. The van der Waals surface area contributed by atoms with Gasteiger partial charge in [-0.2, -0.15) is 0 Å². The Morgan fingerprint density at radius 1 is 1.19 bits per heavy atom. The Kier molecular flexibility index (Phi) is 12.3. The van der Waals surface area contributed by atoms with E-state index >= 15 is 0 Å². The van der Waals surface area contributed by atoms with E-state index in [1.807, 2.05) is 0 Å². The van der Waals surface area contributed by atoms with Gasteiger partial charge in [0.05, 0.1) is 0 Å². The van der Waals surface area contributed by atoms with Crippen molar-refractivity contribution in [2.45, 2.75) is 39.0 Å². The van der Waals surface area contributed by atoms with Gasteiger partial charge in [0.1, 0.15) is 0 Å². The number of likely N-dealkylation sites (tertiary alicyclic amines) is 1. The molecule has 0 aromatic heterocycles. The number of halogens is 1. The Balaban J connectivity index is 0.00000364. The Hall–Kier alpha value is -0.610. The van der Waals surface area contributed by atoms with Crippen LogP contribution in [0.15, 0.2) is 4.99 Å². The molecule has 0 radical (unpaired) electrons. The molecule has 0 bridgehead atoms. The molecule has 1 amide bonds. The Labute approximate surface area is 182 Å². The number of carbonyl (C=O) groups is 1. The normalized spacial score (nSPS) is 22.8. The second kappa shape index (κ2) is 13.5. The molecular formula is C19H39IN6O. The summed E-state index contributed by atoms with van der Waals surface area (Å²) in [7, 11) is 2.21. The first-order valence-electron chi connectivity index (χ1n) is 10.3. The van der Waals surface area contributed by atoms with Gasteiger partial charge >= 0.3 is 0 Å². The summed E-state index contributed by atoms with van der Waals surface area (Å²) < 4.78 is 0. The van der Waals surface area contributed by atoms with Gasteiger partial charge in [0.25, 0.3) is 0 Å². The molecular weight excluding hydrogens is 455 g/mol. The minimum atomic E-state index is -0.193. The highest BCUT2D eigenvalue weighted by Gasteiger charge is 2.23. The molecule has 2 aliphatic rings. The number of amides is 1. The van der Waals surface area contributed by atoms with Gasteiger partial charge in [-0.1, -0.05) is 0 Å². The molecule has 2 saturated heterocycles. The SMILES string of the molecule is CCNC(=NCCCN1CCCN(C)CC1)N1CCCC(CC(N)=O)C1.I. The average molecular weight is 494 g/mol. The summed E-state index contributed by atoms with van der Waals surface area (Å²) in [5.74, 6) is 1.17. The van der Waals surface area contributed by atoms with E-state index in [1.54, 1.807) is 0 Å². The van der Waals surface area contributed by atoms with Crippen LogP contribution in [0.4, 0.5) is 0 Å². The van der Waals surface area contributed by atoms with Crippen molar-refractivity contribution in [3.05, 3.63) is 0 Å². The maximum atomic E-state index is 11.2. The first-order chi connectivity index (χ1) is 12.6. The number of aliphatic imine (C=N–C) groups is 1. The third kappa shape index (κ3) is 9.43. The third-order valence-corrected chi connectivity index (χ3v) is 5.35. The zero-order valence-corrected chi connectivity index (χ0v) is 19.5. The van der Waals surface area contributed by atoms with E-state index in [0.717, 1.165) is 57.9 Å². The molecule has 2 heterocycles. The quantitative estimate of drug-likeness (QED) is 0.241. The maximum Gasteiger partial charge on any atom is 0.217 e. The van der Waals surface area contributed by atoms with Crippen LogP contribution in [-0.2, 0) is 4.79 Å². The van der Waals surface area contributed by atoms with Gasteiger partial charge in [0.2, 0.25) is 5.91 Å². The molecule has 2 fully saturated rings. The number of primary amides is 1. The van der Waals surface area contributed by atoms with Gasteiger partial charge in [-0.15, -0.1) is 24.0 Å². The lowest BCUT2D eigenvalue weighted by Gasteiger charge is -2.34. The van der Waals surface area contributed by atoms with Crippen molar-refractivity contribution in [1.29, 1.82) is 0 Å². The molecule has 0 aromatic rings. The van der Waals surface area contributed by atoms with Crippen LogP contribution in [0, 0.1) is 5.92 Å². The van der Waals surface area contributed by atoms with Crippen LogP contribution in [0.3, 0.4) is 0 Å². The van der Waals surface area contributed by atoms with Crippen molar-refractivity contribution in [3.8, 4) is 0 Å². The zero-order valence-electron chi connectivity index (χ0n) is 17.2. The molecule has 158 valence electrons. The number of piperidine rings is 1. The van der Waals surface area contributed by atoms with Crippen LogP contribution in [0.2, 0.25) is 0 Å². The molecule has 0 spiro atoms. The van der Waals surface area contributed by atoms with Crippen molar-refractivity contribution < 1.29 is 4.79 Å². The van der Waals surface area contributed by atoms with Crippen molar-refractivity contribution in [1.82, 2.24) is 20.0 Å². The van der Waals surface area contributed by atoms with Crippen molar-refractivity contribution in [3.63, 3.8) is 0 Å². The lowest BCUT2D eigenvalue weighted by atomic mass is 9.95. The van der Waals surface area contributed by atoms with Gasteiger partial charge in [0.15, 0.2) is 5.96 Å². The fraction of sp³-hybridized carbons (Fsp3) is 0.895. The largest absolute Gasteiger partial charge is 0.370 e. The zero-order chi connectivity index (χ0) is 18.8. The molecule has 0 aliphatic carbocycles. The Morgan fingerprint density at radius 3 is 2.74 bits per heavy atom. The van der Waals surface area contributed by atoms with Crippen molar-refractivity contribution in [2.75, 3.05) is 66.0 Å². The van der Waals surface area contributed by atoms with Crippen LogP contribution in [-0.4, -0.2) is 92.5 Å². The topological polar surface area (TPSA) is 77.2 Å². The number of carbonyl (C=O) groups excluding carboxylic acids is 1. The molecule has 3 N–H and O–H groups in total. The van der Waals surface area contributed by atoms with E-state index in [-0.39, 0.29) is 29.9 Å². The highest BCUT2D eigenvalue weighted by molar-refractivity contribution is 14.0. The van der Waals surface area contributed by atoms with Crippen LogP contribution in [0.25, 0.3) is 0 Å². The third-order valence-electron chi connectivity index (χ3n) is 5.35. The Bertz CT molecular complexity index is 461. The second-order valence-corrected chi connectivity index (χ2v) is 7.71. The summed E-state index contributed by atoms with van der Waals surface area (Å²) in [4.78, 5) is 23.4. The summed E-state index contributed by atoms with van der Waals surface area (Å²) >= 11 is 0. The van der Waals surface area contributed by atoms with Crippen LogP contribution in [0.5, 0.6) is 0 Å². The fourth-order valence-electron chi connectivity index (χ4n) is 3.94. The minimum absolute atomic E-state index is 0. The predicted octanol–water partition coefficient (Wildman–Crippen LogP) is 1.18. The monoisotopic (exact) mass is 494 g/mol. The minimum Gasteiger partial charge on any atom is -0.370 e. The first-order valence-corrected chi connectivity index (χ1v) is 10.3. The van der Waals surface area contributed by atoms with Gasteiger partial charge < -0.3 is 25.8 Å². The number of hydrogen-bond acceptors (Lipinski definition) is 4. The number of hydrogen-bond donors (Lipinski definition) is 2. The molecule has 2 rings (SSSR count). The van der Waals surface area contributed by atoms with E-state index in [2.05, 4.69) is 34.0 Å². The van der Waals surface area contributed by atoms with E-state index in [9.17, 15) is 4.79 Å². The predicted molar refractivity (Wildman–Crippen MR) is 123 cm³/mol. The van der Waals surface area contributed by atoms with E-state index in [4.69, 9.17) is 10.7 Å². The number of guanidine groups is 1. The Morgan fingerprint density at radius 2 is 2.00 bits per heavy atom. The van der Waals surface area contributed by atoms with E-state index < -0.39 is 0 Å². The molecule has 27 heavy (non-hydrogen) atoms. The lowest BCUT2D eigenvalue weighted by molar-refractivity contribution is -0.119. The molecule has 1 unspecified atom stereocenters. The van der Waals surface area contributed by atoms with Gasteiger partial charge in [0, 0.05) is 45.7 Å². The van der Waals surface area contributed by atoms with Crippen LogP contribution in [0.1, 0.15) is 39.0 Å². The number of rotatable bonds is 7. The highest BCUT2D eigenvalue weighted by atomic mass is 127. The molecule has 0 saturated carbocycles. The lowest BCUT2D eigenvalue weighted by Crippen LogP contribution is -2.47. The molecule has 8 heteroatoms. The fourth-order valence-corrected chi connectivity index (χ4v) is 3.94. The van der Waals surface area contributed by atoms with E-state index in [1.165, 1.54) is 32.6 Å². The number of nitrogens with two attached hydrogens (primary N) is 1. The molecule has 1 atom stereocenters. The molecule has 2 aliphatic heterocycles. The summed E-state index contributed by atoms with van der Waals surface area (Å²) in [6.07, 6.45) is 5.03. The smallest absolute Gasteiger partial charge is 0.217 e. The van der Waals surface area contributed by atoms with E-state index in [0.29, 0.717) is 12.3 Å². The second-order valence-electron chi connectivity index (χ2n) is 7.71. The van der Waals surface area contributed by atoms with Crippen molar-refractivity contribution >= 4 is 35.8 Å². The number of nitrogens with one attached hydrogen (secondary N) is 1. The summed E-state index contributed by atoms with van der Waals surface area (Å²) in [6.45, 7) is 11.6. The number of likely N-dealkylation sites (N-methyl/N-ethyl adjacent to an activating group) is 1. The van der Waals surface area contributed by atoms with Crippen LogP contribution >= 0.6 is 24.0 Å². The first kappa shape index (κ1) is 24.4. The van der Waals surface area contributed by atoms with Gasteiger partial charge in [-0.05, 0) is 65.2 Å². The van der Waals surface area contributed by atoms with Crippen LogP contribution < -0.4 is 11.1 Å². The van der Waals surface area contributed by atoms with Gasteiger partial charge in [-0.3, -0.25) is 9.79 Å². The summed E-state index contributed by atoms with van der Waals surface area (Å²) in [6, 6.07) is 0. The standard InChI is InChI=1S/C19H38N6O.HI/c1-3-21-19(25-12-4-7-17(16-25)15-18(20)26)22-8-5-10-24-11-6-9-23(2)13-14-24;/h17H,3-16H2,1-2H3,(H2,20,26)(H,21,22);1H. The highest BCUT2D eigenvalue weighted by Crippen LogP contribution is 2.19. The van der Waals surface area contributed by atoms with Crippen molar-refractivity contribution in [2.24, 2.45) is 16.6 Å². The number of nitrogens with zero attached hydrogens (tertiary/aromatic N) is 4. The molecule has 7 nitrogen and oxygen atoms in total. The maximum absolute atomic E-state index is 11.2. The average Bonchev–Trinajstić information content (AvgIpc) is 2.81. The van der Waals surface area contributed by atoms with Gasteiger partial charge in [-0.25, -0.2) is 0 Å². The molecule has 0 aromatic carbocycles. The summed E-state index contributed by atoms with van der Waals surface area (Å²) in [5, 5.41) is 3.42.